The standard InChI is InChI=1S/C8H8F3NO3/c1-4-7(15-8(9,10)11)5(3-13)2-6(14)12-4/h2,13H,3H2,1H3,(H,12,14). The highest BCUT2D eigenvalue weighted by atomic mass is 19.4. The molecule has 0 fully saturated rings. The van der Waals surface area contributed by atoms with Crippen LogP contribution in [0, 0.1) is 6.92 Å². The minimum atomic E-state index is -4.85. The molecule has 1 heterocycles. The van der Waals surface area contributed by atoms with Crippen molar-refractivity contribution in [3.63, 3.8) is 0 Å². The van der Waals surface area contributed by atoms with Crippen LogP contribution in [0.3, 0.4) is 0 Å². The number of pyridine rings is 1. The number of rotatable bonds is 2. The van der Waals surface area contributed by atoms with Gasteiger partial charge in [-0.2, -0.15) is 0 Å². The summed E-state index contributed by atoms with van der Waals surface area (Å²) in [4.78, 5) is 13.0. The van der Waals surface area contributed by atoms with Gasteiger partial charge in [-0.3, -0.25) is 4.79 Å². The molecule has 0 aromatic carbocycles. The van der Waals surface area contributed by atoms with Crippen molar-refractivity contribution in [3.8, 4) is 5.75 Å². The first kappa shape index (κ1) is 11.6. The second-order valence-corrected chi connectivity index (χ2v) is 2.82. The van der Waals surface area contributed by atoms with E-state index in [1.807, 2.05) is 0 Å². The Morgan fingerprint density at radius 2 is 2.13 bits per heavy atom. The third kappa shape index (κ3) is 2.98. The molecule has 0 spiro atoms. The van der Waals surface area contributed by atoms with Gasteiger partial charge in [0.15, 0.2) is 5.75 Å². The minimum absolute atomic E-state index is 0.0797. The number of aryl methyl sites for hydroxylation is 1. The molecule has 15 heavy (non-hydrogen) atoms. The first-order valence-electron chi connectivity index (χ1n) is 3.93. The van der Waals surface area contributed by atoms with E-state index >= 15 is 0 Å². The quantitative estimate of drug-likeness (QED) is 0.788. The number of ether oxygens (including phenoxy) is 1. The molecule has 2 N–H and O–H groups in total. The molecule has 0 radical (unpaired) electrons. The van der Waals surface area contributed by atoms with Gasteiger partial charge in [0.2, 0.25) is 5.56 Å². The second kappa shape index (κ2) is 3.93. The molecule has 1 aromatic heterocycles. The highest BCUT2D eigenvalue weighted by Gasteiger charge is 2.33. The van der Waals surface area contributed by atoms with Crippen LogP contribution in [0.2, 0.25) is 0 Å². The Balaban J connectivity index is 3.21. The summed E-state index contributed by atoms with van der Waals surface area (Å²) in [6, 6.07) is 0.855. The van der Waals surface area contributed by atoms with E-state index in [-0.39, 0.29) is 11.3 Å². The minimum Gasteiger partial charge on any atom is -0.404 e. The van der Waals surface area contributed by atoms with Crippen molar-refractivity contribution >= 4 is 0 Å². The van der Waals surface area contributed by atoms with Gasteiger partial charge in [0.1, 0.15) is 0 Å². The Labute approximate surface area is 82.3 Å². The second-order valence-electron chi connectivity index (χ2n) is 2.82. The summed E-state index contributed by atoms with van der Waals surface area (Å²) in [6.45, 7) is 0.553. The van der Waals surface area contributed by atoms with Crippen molar-refractivity contribution in [3.05, 3.63) is 27.7 Å². The fraction of sp³-hybridized carbons (Fsp3) is 0.375. The number of aliphatic hydroxyl groups excluding tert-OH is 1. The number of aromatic amines is 1. The van der Waals surface area contributed by atoms with Gasteiger partial charge in [-0.05, 0) is 6.92 Å². The average Bonchev–Trinajstić information content (AvgIpc) is 2.07. The van der Waals surface area contributed by atoms with E-state index < -0.39 is 24.3 Å². The van der Waals surface area contributed by atoms with Gasteiger partial charge >= 0.3 is 6.36 Å². The molecule has 84 valence electrons. The van der Waals surface area contributed by atoms with Gasteiger partial charge in [-0.1, -0.05) is 0 Å². The van der Waals surface area contributed by atoms with Crippen molar-refractivity contribution in [1.29, 1.82) is 0 Å². The largest absolute Gasteiger partial charge is 0.573 e. The molecule has 0 bridgehead atoms. The van der Waals surface area contributed by atoms with E-state index in [0.29, 0.717) is 0 Å². The molecule has 7 heteroatoms. The van der Waals surface area contributed by atoms with Crippen molar-refractivity contribution in [1.82, 2.24) is 4.98 Å². The predicted octanol–water partition coefficient (Wildman–Crippen LogP) is 1.07. The van der Waals surface area contributed by atoms with Crippen molar-refractivity contribution in [2.45, 2.75) is 19.9 Å². The summed E-state index contributed by atoms with van der Waals surface area (Å²) < 4.78 is 39.5. The lowest BCUT2D eigenvalue weighted by Crippen LogP contribution is -2.21. The summed E-state index contributed by atoms with van der Waals surface area (Å²) in [5.41, 5.74) is -0.872. The molecule has 0 aliphatic carbocycles. The highest BCUT2D eigenvalue weighted by molar-refractivity contribution is 5.35. The van der Waals surface area contributed by atoms with Gasteiger partial charge in [0.25, 0.3) is 0 Å². The average molecular weight is 223 g/mol. The molecular weight excluding hydrogens is 215 g/mol. The van der Waals surface area contributed by atoms with Crippen molar-refractivity contribution < 1.29 is 23.0 Å². The summed E-state index contributed by atoms with van der Waals surface area (Å²) in [6.07, 6.45) is -4.85. The van der Waals surface area contributed by atoms with Crippen LogP contribution in [0.15, 0.2) is 10.9 Å². The summed E-state index contributed by atoms with van der Waals surface area (Å²) in [5.74, 6) is -0.565. The van der Waals surface area contributed by atoms with E-state index in [1.54, 1.807) is 0 Å². The predicted molar refractivity (Wildman–Crippen MR) is 44.4 cm³/mol. The van der Waals surface area contributed by atoms with Crippen LogP contribution in [-0.2, 0) is 6.61 Å². The maximum atomic E-state index is 11.9. The summed E-state index contributed by atoms with van der Waals surface area (Å²) in [7, 11) is 0. The third-order valence-corrected chi connectivity index (χ3v) is 1.64. The van der Waals surface area contributed by atoms with Crippen LogP contribution >= 0.6 is 0 Å². The molecule has 0 saturated heterocycles. The van der Waals surface area contributed by atoms with Crippen LogP contribution < -0.4 is 10.3 Å². The Morgan fingerprint density at radius 3 is 2.60 bits per heavy atom. The van der Waals surface area contributed by atoms with Crippen LogP contribution in [0.25, 0.3) is 0 Å². The Kier molecular flexibility index (Phi) is 3.04. The molecule has 1 rings (SSSR count). The van der Waals surface area contributed by atoms with E-state index in [1.165, 1.54) is 6.92 Å². The van der Waals surface area contributed by atoms with Gasteiger partial charge in [0, 0.05) is 11.6 Å². The van der Waals surface area contributed by atoms with E-state index in [9.17, 15) is 18.0 Å². The first-order chi connectivity index (χ1) is 6.83. The van der Waals surface area contributed by atoms with E-state index in [4.69, 9.17) is 5.11 Å². The Bertz CT molecular complexity index is 411. The summed E-state index contributed by atoms with van der Waals surface area (Å²) in [5, 5.41) is 8.76. The lowest BCUT2D eigenvalue weighted by atomic mass is 10.2. The first-order valence-corrected chi connectivity index (χ1v) is 3.93. The smallest absolute Gasteiger partial charge is 0.404 e. The number of nitrogens with one attached hydrogen (secondary N) is 1. The number of alkyl halides is 3. The fourth-order valence-corrected chi connectivity index (χ4v) is 1.12. The zero-order valence-electron chi connectivity index (χ0n) is 7.68. The topological polar surface area (TPSA) is 62.3 Å². The maximum absolute atomic E-state index is 11.9. The normalized spacial score (nSPS) is 11.5. The van der Waals surface area contributed by atoms with Crippen LogP contribution in [-0.4, -0.2) is 16.5 Å². The van der Waals surface area contributed by atoms with Crippen LogP contribution in [0.5, 0.6) is 5.75 Å². The number of hydrogen-bond donors (Lipinski definition) is 2. The van der Waals surface area contributed by atoms with Gasteiger partial charge in [0.05, 0.1) is 12.3 Å². The van der Waals surface area contributed by atoms with Crippen molar-refractivity contribution in [2.75, 3.05) is 0 Å². The molecule has 0 atom stereocenters. The van der Waals surface area contributed by atoms with Gasteiger partial charge < -0.3 is 14.8 Å². The zero-order valence-corrected chi connectivity index (χ0v) is 7.68. The molecule has 0 aliphatic heterocycles. The number of H-pyrrole nitrogens is 1. The molecular formula is C8H8F3NO3. The third-order valence-electron chi connectivity index (χ3n) is 1.64. The Hall–Kier alpha value is -1.50. The van der Waals surface area contributed by atoms with Gasteiger partial charge in [-0.15, -0.1) is 13.2 Å². The number of aliphatic hydroxyl groups is 1. The maximum Gasteiger partial charge on any atom is 0.573 e. The molecule has 0 aliphatic rings. The molecule has 4 nitrogen and oxygen atoms in total. The zero-order chi connectivity index (χ0) is 11.6. The molecule has 1 aromatic rings. The number of halogens is 3. The molecule has 0 amide bonds. The lowest BCUT2D eigenvalue weighted by Gasteiger charge is -2.13. The number of aromatic nitrogens is 1. The SMILES string of the molecule is Cc1[nH]c(=O)cc(CO)c1OC(F)(F)F. The Morgan fingerprint density at radius 1 is 1.53 bits per heavy atom. The monoisotopic (exact) mass is 223 g/mol. The number of hydrogen-bond acceptors (Lipinski definition) is 3. The van der Waals surface area contributed by atoms with E-state index in [2.05, 4.69) is 9.72 Å². The fourth-order valence-electron chi connectivity index (χ4n) is 1.12. The summed E-state index contributed by atoms with van der Waals surface area (Å²) >= 11 is 0. The van der Waals surface area contributed by atoms with Crippen LogP contribution in [0.4, 0.5) is 13.2 Å². The molecule has 0 unspecified atom stereocenters. The highest BCUT2D eigenvalue weighted by Crippen LogP contribution is 2.27. The lowest BCUT2D eigenvalue weighted by molar-refractivity contribution is -0.275. The van der Waals surface area contributed by atoms with Gasteiger partial charge in [-0.25, -0.2) is 0 Å². The van der Waals surface area contributed by atoms with E-state index in [0.717, 1.165) is 6.07 Å². The van der Waals surface area contributed by atoms with Crippen molar-refractivity contribution in [2.24, 2.45) is 0 Å². The molecule has 0 saturated carbocycles. The van der Waals surface area contributed by atoms with Crippen LogP contribution in [0.1, 0.15) is 11.3 Å².